The molecule has 0 saturated carbocycles. The van der Waals surface area contributed by atoms with Crippen LogP contribution in [0.2, 0.25) is 0 Å². The molecule has 1 aromatic rings. The molecule has 0 fully saturated rings. The summed E-state index contributed by atoms with van der Waals surface area (Å²) in [6.07, 6.45) is -4.14. The second-order valence-electron chi connectivity index (χ2n) is 3.39. The highest BCUT2D eigenvalue weighted by Crippen LogP contribution is 2.37. The average molecular weight is 233 g/mol. The van der Waals surface area contributed by atoms with Gasteiger partial charge in [0.1, 0.15) is 5.25 Å². The number of thioether (sulfide) groups is 1. The van der Waals surface area contributed by atoms with E-state index in [-0.39, 0.29) is 6.54 Å². The lowest BCUT2D eigenvalue weighted by Crippen LogP contribution is -2.34. The fourth-order valence-electron chi connectivity index (χ4n) is 1.48. The van der Waals surface area contributed by atoms with E-state index in [0.717, 1.165) is 22.2 Å². The summed E-state index contributed by atoms with van der Waals surface area (Å²) < 4.78 is 37.7. The van der Waals surface area contributed by atoms with Crippen LogP contribution in [0.15, 0.2) is 29.2 Å². The first kappa shape index (κ1) is 10.8. The summed E-state index contributed by atoms with van der Waals surface area (Å²) in [5.41, 5.74) is 0.939. The van der Waals surface area contributed by atoms with Gasteiger partial charge in [-0.05, 0) is 11.6 Å². The van der Waals surface area contributed by atoms with Gasteiger partial charge in [-0.3, -0.25) is 0 Å². The fourth-order valence-corrected chi connectivity index (χ4v) is 2.57. The van der Waals surface area contributed by atoms with Crippen LogP contribution in [-0.4, -0.2) is 18.0 Å². The zero-order valence-corrected chi connectivity index (χ0v) is 8.66. The number of alkyl halides is 3. The van der Waals surface area contributed by atoms with Crippen LogP contribution in [0.5, 0.6) is 0 Å². The summed E-state index contributed by atoms with van der Waals surface area (Å²) in [4.78, 5) is 0.727. The third-order valence-corrected chi connectivity index (χ3v) is 3.62. The minimum atomic E-state index is -4.14. The van der Waals surface area contributed by atoms with Gasteiger partial charge < -0.3 is 5.32 Å². The van der Waals surface area contributed by atoms with E-state index in [1.54, 1.807) is 12.1 Å². The highest BCUT2D eigenvalue weighted by Gasteiger charge is 2.41. The van der Waals surface area contributed by atoms with Gasteiger partial charge in [0, 0.05) is 18.0 Å². The standard InChI is InChI=1S/C10H10F3NS/c11-10(12,13)9-6-14-5-7-3-1-2-4-8(7)15-9/h1-4,9,14H,5-6H2. The van der Waals surface area contributed by atoms with E-state index < -0.39 is 11.4 Å². The minimum Gasteiger partial charge on any atom is -0.311 e. The van der Waals surface area contributed by atoms with Crippen LogP contribution in [0.4, 0.5) is 13.2 Å². The predicted octanol–water partition coefficient (Wildman–Crippen LogP) is 2.81. The van der Waals surface area contributed by atoms with E-state index in [1.807, 2.05) is 12.1 Å². The SMILES string of the molecule is FC(F)(F)C1CNCc2ccccc2S1. The van der Waals surface area contributed by atoms with Gasteiger partial charge in [-0.1, -0.05) is 18.2 Å². The van der Waals surface area contributed by atoms with Gasteiger partial charge in [0.25, 0.3) is 0 Å². The lowest BCUT2D eigenvalue weighted by atomic mass is 10.2. The Morgan fingerprint density at radius 2 is 2.00 bits per heavy atom. The van der Waals surface area contributed by atoms with Crippen LogP contribution >= 0.6 is 11.8 Å². The van der Waals surface area contributed by atoms with Crippen molar-refractivity contribution < 1.29 is 13.2 Å². The predicted molar refractivity (Wildman–Crippen MR) is 53.8 cm³/mol. The molecule has 0 saturated heterocycles. The molecule has 0 bridgehead atoms. The molecule has 1 nitrogen and oxygen atoms in total. The van der Waals surface area contributed by atoms with Crippen LogP contribution in [0.1, 0.15) is 5.56 Å². The van der Waals surface area contributed by atoms with Gasteiger partial charge in [-0.2, -0.15) is 13.2 Å². The Morgan fingerprint density at radius 1 is 1.27 bits per heavy atom. The molecule has 0 amide bonds. The summed E-state index contributed by atoms with van der Waals surface area (Å²) >= 11 is 0.897. The van der Waals surface area contributed by atoms with Crippen molar-refractivity contribution in [3.05, 3.63) is 29.8 Å². The molecule has 5 heteroatoms. The Kier molecular flexibility index (Phi) is 2.93. The molecule has 2 rings (SSSR count). The van der Waals surface area contributed by atoms with Crippen molar-refractivity contribution in [3.63, 3.8) is 0 Å². The molecule has 0 spiro atoms. The Morgan fingerprint density at radius 3 is 2.73 bits per heavy atom. The molecule has 1 unspecified atom stereocenters. The molecular formula is C10H10F3NS. The Hall–Kier alpha value is -0.680. The average Bonchev–Trinajstić information content (AvgIpc) is 2.38. The molecule has 1 aromatic carbocycles. The van der Waals surface area contributed by atoms with E-state index in [0.29, 0.717) is 6.54 Å². The number of benzene rings is 1. The van der Waals surface area contributed by atoms with Crippen LogP contribution in [0, 0.1) is 0 Å². The first-order chi connectivity index (χ1) is 7.07. The number of hydrogen-bond acceptors (Lipinski definition) is 2. The maximum Gasteiger partial charge on any atom is 0.402 e. The topological polar surface area (TPSA) is 12.0 Å². The number of halogens is 3. The van der Waals surface area contributed by atoms with Crippen LogP contribution < -0.4 is 5.32 Å². The number of fused-ring (bicyclic) bond motifs is 1. The lowest BCUT2D eigenvalue weighted by molar-refractivity contribution is -0.127. The van der Waals surface area contributed by atoms with Crippen LogP contribution in [0.25, 0.3) is 0 Å². The normalized spacial score (nSPS) is 21.9. The van der Waals surface area contributed by atoms with Crippen molar-refractivity contribution in [2.45, 2.75) is 22.9 Å². The molecule has 1 N–H and O–H groups in total. The highest BCUT2D eigenvalue weighted by atomic mass is 32.2. The fraction of sp³-hybridized carbons (Fsp3) is 0.400. The number of rotatable bonds is 0. The lowest BCUT2D eigenvalue weighted by Gasteiger charge is -2.17. The maximum atomic E-state index is 12.6. The molecule has 1 atom stereocenters. The zero-order chi connectivity index (χ0) is 10.9. The van der Waals surface area contributed by atoms with Crippen LogP contribution in [-0.2, 0) is 6.54 Å². The molecular weight excluding hydrogens is 223 g/mol. The molecule has 1 aliphatic rings. The minimum absolute atomic E-state index is 0.0250. The highest BCUT2D eigenvalue weighted by molar-refractivity contribution is 8.00. The molecule has 1 aliphatic heterocycles. The monoisotopic (exact) mass is 233 g/mol. The van der Waals surface area contributed by atoms with Crippen molar-refractivity contribution in [1.29, 1.82) is 0 Å². The Balaban J connectivity index is 2.25. The Bertz CT molecular complexity index is 351. The third-order valence-electron chi connectivity index (χ3n) is 2.25. The largest absolute Gasteiger partial charge is 0.402 e. The van der Waals surface area contributed by atoms with Gasteiger partial charge in [0.05, 0.1) is 0 Å². The van der Waals surface area contributed by atoms with E-state index in [4.69, 9.17) is 0 Å². The second kappa shape index (κ2) is 4.06. The maximum absolute atomic E-state index is 12.6. The third kappa shape index (κ3) is 2.46. The summed E-state index contributed by atoms with van der Waals surface area (Å²) in [6.45, 7) is 0.485. The van der Waals surface area contributed by atoms with Gasteiger partial charge in [-0.25, -0.2) is 0 Å². The first-order valence-corrected chi connectivity index (χ1v) is 5.47. The quantitative estimate of drug-likeness (QED) is 0.739. The van der Waals surface area contributed by atoms with Gasteiger partial charge in [-0.15, -0.1) is 11.8 Å². The number of hydrogen-bond donors (Lipinski definition) is 1. The van der Waals surface area contributed by atoms with Crippen molar-refractivity contribution in [2.75, 3.05) is 6.54 Å². The Labute approximate surface area is 90.1 Å². The molecule has 0 aromatic heterocycles. The smallest absolute Gasteiger partial charge is 0.311 e. The molecule has 0 aliphatic carbocycles. The zero-order valence-electron chi connectivity index (χ0n) is 7.84. The van der Waals surface area contributed by atoms with Crippen LogP contribution in [0.3, 0.4) is 0 Å². The van der Waals surface area contributed by atoms with E-state index in [2.05, 4.69) is 5.32 Å². The summed E-state index contributed by atoms with van der Waals surface area (Å²) in [7, 11) is 0. The van der Waals surface area contributed by atoms with Crippen molar-refractivity contribution in [1.82, 2.24) is 5.32 Å². The second-order valence-corrected chi connectivity index (χ2v) is 4.63. The first-order valence-electron chi connectivity index (χ1n) is 4.59. The molecule has 1 heterocycles. The summed E-state index contributed by atoms with van der Waals surface area (Å²) in [5, 5.41) is 1.47. The van der Waals surface area contributed by atoms with Crippen molar-refractivity contribution in [3.8, 4) is 0 Å². The van der Waals surface area contributed by atoms with Crippen molar-refractivity contribution in [2.24, 2.45) is 0 Å². The van der Waals surface area contributed by atoms with Crippen molar-refractivity contribution >= 4 is 11.8 Å². The van der Waals surface area contributed by atoms with Gasteiger partial charge in [0.2, 0.25) is 0 Å². The summed E-state index contributed by atoms with van der Waals surface area (Å²) in [6, 6.07) is 7.21. The molecule has 0 radical (unpaired) electrons. The molecule has 82 valence electrons. The van der Waals surface area contributed by atoms with Gasteiger partial charge in [0.15, 0.2) is 0 Å². The van der Waals surface area contributed by atoms with E-state index in [9.17, 15) is 13.2 Å². The number of nitrogens with one attached hydrogen (secondary N) is 1. The van der Waals surface area contributed by atoms with Gasteiger partial charge >= 0.3 is 6.18 Å². The molecule has 15 heavy (non-hydrogen) atoms. The van der Waals surface area contributed by atoms with E-state index in [1.165, 1.54) is 0 Å². The summed E-state index contributed by atoms with van der Waals surface area (Å²) in [5.74, 6) is 0. The van der Waals surface area contributed by atoms with E-state index >= 15 is 0 Å².